The summed E-state index contributed by atoms with van der Waals surface area (Å²) in [7, 11) is 1.53. The molecule has 1 aromatic heterocycles. The lowest BCUT2D eigenvalue weighted by atomic mass is 10.2. The van der Waals surface area contributed by atoms with E-state index < -0.39 is 0 Å². The van der Waals surface area contributed by atoms with E-state index in [1.165, 1.54) is 19.6 Å². The van der Waals surface area contributed by atoms with Gasteiger partial charge in [-0.05, 0) is 44.2 Å². The number of hydrazone groups is 1. The lowest BCUT2D eigenvalue weighted by molar-refractivity contribution is 0.0954. The molecule has 0 aliphatic heterocycles. The number of amides is 1. The molecule has 6 nitrogen and oxygen atoms in total. The first-order chi connectivity index (χ1) is 10.6. The Bertz CT molecular complexity index is 648. The van der Waals surface area contributed by atoms with E-state index in [-0.39, 0.29) is 12.0 Å². The molecule has 0 saturated carbocycles. The number of ether oxygens (including phenoxy) is 2. The number of nitrogens with zero attached hydrogens (tertiary/aromatic N) is 1. The van der Waals surface area contributed by atoms with Crippen LogP contribution in [-0.4, -0.2) is 25.3 Å². The molecule has 0 unspecified atom stereocenters. The van der Waals surface area contributed by atoms with Gasteiger partial charge in [-0.15, -0.1) is 0 Å². The van der Waals surface area contributed by atoms with Gasteiger partial charge in [0.05, 0.1) is 25.7 Å². The Balaban J connectivity index is 2.06. The maximum Gasteiger partial charge on any atom is 0.271 e. The summed E-state index contributed by atoms with van der Waals surface area (Å²) in [5, 5.41) is 3.83. The molecule has 1 N–H and O–H groups in total. The largest absolute Gasteiger partial charge is 0.493 e. The highest BCUT2D eigenvalue weighted by molar-refractivity contribution is 5.95. The van der Waals surface area contributed by atoms with Crippen LogP contribution in [0.4, 0.5) is 0 Å². The molecule has 1 amide bonds. The van der Waals surface area contributed by atoms with Crippen molar-refractivity contribution in [2.75, 3.05) is 7.11 Å². The van der Waals surface area contributed by atoms with Crippen LogP contribution in [0, 0.1) is 0 Å². The molecule has 0 saturated heterocycles. The predicted molar refractivity (Wildman–Crippen MR) is 82.5 cm³/mol. The van der Waals surface area contributed by atoms with E-state index in [1.54, 1.807) is 30.3 Å². The minimum Gasteiger partial charge on any atom is -0.493 e. The molecule has 6 heteroatoms. The number of hydrogen-bond acceptors (Lipinski definition) is 5. The SMILES string of the molecule is COc1cc(C(=O)NN=Cc2ccco2)ccc1OC(C)C. The highest BCUT2D eigenvalue weighted by Gasteiger charge is 2.11. The molecular formula is C16H18N2O4. The van der Waals surface area contributed by atoms with Crippen LogP contribution in [0.25, 0.3) is 0 Å². The van der Waals surface area contributed by atoms with Gasteiger partial charge in [-0.2, -0.15) is 5.10 Å². The van der Waals surface area contributed by atoms with Crippen molar-refractivity contribution in [2.24, 2.45) is 5.10 Å². The third kappa shape index (κ3) is 4.12. The monoisotopic (exact) mass is 302 g/mol. The van der Waals surface area contributed by atoms with Gasteiger partial charge in [-0.25, -0.2) is 5.43 Å². The molecule has 22 heavy (non-hydrogen) atoms. The van der Waals surface area contributed by atoms with Crippen molar-refractivity contribution in [3.05, 3.63) is 47.9 Å². The Kier molecular flexibility index (Phi) is 5.19. The van der Waals surface area contributed by atoms with Gasteiger partial charge >= 0.3 is 0 Å². The van der Waals surface area contributed by atoms with Gasteiger partial charge in [-0.1, -0.05) is 0 Å². The quantitative estimate of drug-likeness (QED) is 0.658. The molecule has 0 spiro atoms. The third-order valence-corrected chi connectivity index (χ3v) is 2.69. The molecule has 116 valence electrons. The fourth-order valence-corrected chi connectivity index (χ4v) is 1.74. The summed E-state index contributed by atoms with van der Waals surface area (Å²) in [6.07, 6.45) is 2.97. The minimum atomic E-state index is -0.350. The van der Waals surface area contributed by atoms with Crippen LogP contribution >= 0.6 is 0 Å². The van der Waals surface area contributed by atoms with Gasteiger partial charge in [-0.3, -0.25) is 4.79 Å². The summed E-state index contributed by atoms with van der Waals surface area (Å²) in [5.74, 6) is 1.29. The molecular weight excluding hydrogens is 284 g/mol. The maximum atomic E-state index is 12.0. The zero-order valence-corrected chi connectivity index (χ0v) is 12.7. The fraction of sp³-hybridized carbons (Fsp3) is 0.250. The Labute approximate surface area is 128 Å². The van der Waals surface area contributed by atoms with Gasteiger partial charge in [0, 0.05) is 5.56 Å². The Morgan fingerprint density at radius 2 is 2.14 bits per heavy atom. The second kappa shape index (κ2) is 7.31. The molecule has 2 rings (SSSR count). The second-order valence-electron chi connectivity index (χ2n) is 4.75. The lowest BCUT2D eigenvalue weighted by Crippen LogP contribution is -2.17. The van der Waals surface area contributed by atoms with Crippen molar-refractivity contribution in [1.82, 2.24) is 5.43 Å². The van der Waals surface area contributed by atoms with Gasteiger partial charge in [0.1, 0.15) is 5.76 Å². The van der Waals surface area contributed by atoms with E-state index in [0.29, 0.717) is 22.8 Å². The number of methoxy groups -OCH3 is 1. The van der Waals surface area contributed by atoms with Crippen LogP contribution in [0.3, 0.4) is 0 Å². The Morgan fingerprint density at radius 1 is 1.32 bits per heavy atom. The number of carbonyl (C=O) groups is 1. The maximum absolute atomic E-state index is 12.0. The van der Waals surface area contributed by atoms with Crippen molar-refractivity contribution >= 4 is 12.1 Å². The second-order valence-corrected chi connectivity index (χ2v) is 4.75. The summed E-state index contributed by atoms with van der Waals surface area (Å²) in [6, 6.07) is 8.43. The average Bonchev–Trinajstić information content (AvgIpc) is 3.00. The molecule has 2 aromatic rings. The molecule has 0 atom stereocenters. The standard InChI is InChI=1S/C16H18N2O4/c1-11(2)22-14-7-6-12(9-15(14)20-3)16(19)18-17-10-13-5-4-8-21-13/h4-11H,1-3H3,(H,18,19). The number of nitrogens with one attached hydrogen (secondary N) is 1. The van der Waals surface area contributed by atoms with E-state index in [1.807, 2.05) is 13.8 Å². The number of hydrogen-bond donors (Lipinski definition) is 1. The van der Waals surface area contributed by atoms with E-state index in [2.05, 4.69) is 10.5 Å². The lowest BCUT2D eigenvalue weighted by Gasteiger charge is -2.14. The Hall–Kier alpha value is -2.76. The molecule has 0 fully saturated rings. The van der Waals surface area contributed by atoms with Crippen LogP contribution < -0.4 is 14.9 Å². The molecule has 0 radical (unpaired) electrons. The first kappa shape index (κ1) is 15.6. The van der Waals surface area contributed by atoms with Crippen LogP contribution in [-0.2, 0) is 0 Å². The number of carbonyl (C=O) groups excluding carboxylic acids is 1. The first-order valence-corrected chi connectivity index (χ1v) is 6.81. The van der Waals surface area contributed by atoms with Gasteiger partial charge in [0.25, 0.3) is 5.91 Å². The van der Waals surface area contributed by atoms with E-state index >= 15 is 0 Å². The third-order valence-electron chi connectivity index (χ3n) is 2.69. The summed E-state index contributed by atoms with van der Waals surface area (Å²) in [6.45, 7) is 3.84. The van der Waals surface area contributed by atoms with E-state index in [9.17, 15) is 4.79 Å². The van der Waals surface area contributed by atoms with Crippen LogP contribution in [0.2, 0.25) is 0 Å². The van der Waals surface area contributed by atoms with Gasteiger partial charge in [0.15, 0.2) is 11.5 Å². The van der Waals surface area contributed by atoms with Gasteiger partial charge in [0.2, 0.25) is 0 Å². The van der Waals surface area contributed by atoms with Crippen LogP contribution in [0.5, 0.6) is 11.5 Å². The highest BCUT2D eigenvalue weighted by atomic mass is 16.5. The van der Waals surface area contributed by atoms with Crippen molar-refractivity contribution in [3.8, 4) is 11.5 Å². The van der Waals surface area contributed by atoms with Crippen molar-refractivity contribution in [1.29, 1.82) is 0 Å². The molecule has 1 heterocycles. The smallest absolute Gasteiger partial charge is 0.271 e. The highest BCUT2D eigenvalue weighted by Crippen LogP contribution is 2.28. The average molecular weight is 302 g/mol. The zero-order valence-electron chi connectivity index (χ0n) is 12.7. The van der Waals surface area contributed by atoms with Crippen molar-refractivity contribution < 1.29 is 18.7 Å². The van der Waals surface area contributed by atoms with Crippen molar-refractivity contribution in [3.63, 3.8) is 0 Å². The molecule has 0 aliphatic rings. The summed E-state index contributed by atoms with van der Waals surface area (Å²) < 4.78 is 15.9. The van der Waals surface area contributed by atoms with E-state index in [0.717, 1.165) is 0 Å². The van der Waals surface area contributed by atoms with Gasteiger partial charge < -0.3 is 13.9 Å². The zero-order chi connectivity index (χ0) is 15.9. The fourth-order valence-electron chi connectivity index (χ4n) is 1.74. The van der Waals surface area contributed by atoms with Crippen LogP contribution in [0.1, 0.15) is 30.0 Å². The number of rotatable bonds is 6. The number of benzene rings is 1. The molecule has 0 aliphatic carbocycles. The first-order valence-electron chi connectivity index (χ1n) is 6.81. The summed E-state index contributed by atoms with van der Waals surface area (Å²) in [4.78, 5) is 12.0. The Morgan fingerprint density at radius 3 is 2.77 bits per heavy atom. The minimum absolute atomic E-state index is 0.0199. The number of furan rings is 1. The predicted octanol–water partition coefficient (Wildman–Crippen LogP) is 2.84. The van der Waals surface area contributed by atoms with Crippen molar-refractivity contribution in [2.45, 2.75) is 20.0 Å². The summed E-state index contributed by atoms with van der Waals surface area (Å²) in [5.41, 5.74) is 2.84. The van der Waals surface area contributed by atoms with Crippen LogP contribution in [0.15, 0.2) is 46.1 Å². The molecule has 1 aromatic carbocycles. The topological polar surface area (TPSA) is 73.1 Å². The molecule has 0 bridgehead atoms. The normalized spacial score (nSPS) is 10.9. The summed E-state index contributed by atoms with van der Waals surface area (Å²) >= 11 is 0. The van der Waals surface area contributed by atoms with E-state index in [4.69, 9.17) is 13.9 Å².